The molecule has 4 heteroatoms. The van der Waals surface area contributed by atoms with Gasteiger partial charge in [-0.2, -0.15) is 0 Å². The summed E-state index contributed by atoms with van der Waals surface area (Å²) in [5.41, 5.74) is 3.17. The van der Waals surface area contributed by atoms with Crippen LogP contribution in [0.2, 0.25) is 0 Å². The van der Waals surface area contributed by atoms with Gasteiger partial charge >= 0.3 is 0 Å². The van der Waals surface area contributed by atoms with Crippen molar-refractivity contribution in [2.45, 2.75) is 46.1 Å². The largest absolute Gasteiger partial charge is 0.329 e. The Kier molecular flexibility index (Phi) is 3.62. The van der Waals surface area contributed by atoms with Gasteiger partial charge in [0.05, 0.1) is 5.52 Å². The second-order valence-corrected chi connectivity index (χ2v) is 5.06. The third-order valence-corrected chi connectivity index (χ3v) is 3.41. The fourth-order valence-corrected chi connectivity index (χ4v) is 2.53. The molecule has 1 atom stereocenters. The van der Waals surface area contributed by atoms with Gasteiger partial charge in [0, 0.05) is 12.2 Å². The van der Waals surface area contributed by atoms with E-state index in [9.17, 15) is 0 Å². The van der Waals surface area contributed by atoms with Crippen LogP contribution in [0.1, 0.15) is 44.7 Å². The van der Waals surface area contributed by atoms with E-state index in [0.717, 1.165) is 27.9 Å². The van der Waals surface area contributed by atoms with Gasteiger partial charge in [0.15, 0.2) is 10.4 Å². The standard InChI is InChI=1S/C13H19N3S/c1-4-5-6-10(3)16-12-11(15-13(16)17)7-9(2)8-14-12/h7-8,10H,4-6H2,1-3H3,(H,15,17). The monoisotopic (exact) mass is 249 g/mol. The molecule has 0 amide bonds. The number of H-pyrrole nitrogens is 1. The van der Waals surface area contributed by atoms with E-state index < -0.39 is 0 Å². The van der Waals surface area contributed by atoms with Gasteiger partial charge in [-0.05, 0) is 44.1 Å². The normalized spacial score (nSPS) is 13.1. The first-order chi connectivity index (χ1) is 8.13. The molecule has 0 aliphatic heterocycles. The highest BCUT2D eigenvalue weighted by Crippen LogP contribution is 2.21. The average Bonchev–Trinajstić information content (AvgIpc) is 2.61. The maximum atomic E-state index is 5.39. The Hall–Kier alpha value is -1.16. The first-order valence-corrected chi connectivity index (χ1v) is 6.61. The predicted octanol–water partition coefficient (Wildman–Crippen LogP) is 4.15. The maximum Gasteiger partial charge on any atom is 0.179 e. The SMILES string of the molecule is CCCCC(C)n1c(=S)[nH]c2cc(C)cnc21. The van der Waals surface area contributed by atoms with E-state index in [0.29, 0.717) is 6.04 Å². The third-order valence-electron chi connectivity index (χ3n) is 3.11. The van der Waals surface area contributed by atoms with Crippen LogP contribution < -0.4 is 0 Å². The fraction of sp³-hybridized carbons (Fsp3) is 0.538. The lowest BCUT2D eigenvalue weighted by molar-refractivity contribution is 0.489. The molecule has 0 fully saturated rings. The van der Waals surface area contributed by atoms with Crippen LogP contribution in [-0.2, 0) is 0 Å². The van der Waals surface area contributed by atoms with Gasteiger partial charge < -0.3 is 4.98 Å². The van der Waals surface area contributed by atoms with Gasteiger partial charge in [0.1, 0.15) is 0 Å². The van der Waals surface area contributed by atoms with E-state index in [1.807, 2.05) is 13.1 Å². The lowest BCUT2D eigenvalue weighted by Crippen LogP contribution is -2.05. The number of hydrogen-bond donors (Lipinski definition) is 1. The number of aromatic amines is 1. The molecule has 1 unspecified atom stereocenters. The summed E-state index contributed by atoms with van der Waals surface area (Å²) in [7, 11) is 0. The van der Waals surface area contributed by atoms with E-state index in [1.165, 1.54) is 12.8 Å². The molecule has 0 saturated carbocycles. The number of rotatable bonds is 4. The zero-order valence-electron chi connectivity index (χ0n) is 10.7. The minimum atomic E-state index is 0.409. The van der Waals surface area contributed by atoms with Crippen LogP contribution in [0.15, 0.2) is 12.3 Å². The molecule has 3 nitrogen and oxygen atoms in total. The summed E-state index contributed by atoms with van der Waals surface area (Å²) in [6, 6.07) is 2.51. The van der Waals surface area contributed by atoms with Crippen molar-refractivity contribution in [3.8, 4) is 0 Å². The summed E-state index contributed by atoms with van der Waals surface area (Å²) in [4.78, 5) is 7.74. The lowest BCUT2D eigenvalue weighted by atomic mass is 10.1. The third kappa shape index (κ3) is 2.41. The molecule has 0 aromatic carbocycles. The maximum absolute atomic E-state index is 5.39. The topological polar surface area (TPSA) is 33.6 Å². The van der Waals surface area contributed by atoms with E-state index in [-0.39, 0.29) is 0 Å². The molecule has 2 aromatic rings. The van der Waals surface area contributed by atoms with E-state index in [1.54, 1.807) is 0 Å². The summed E-state index contributed by atoms with van der Waals surface area (Å²) < 4.78 is 2.92. The van der Waals surface area contributed by atoms with E-state index in [4.69, 9.17) is 12.2 Å². The summed E-state index contributed by atoms with van der Waals surface area (Å²) >= 11 is 5.39. The molecule has 92 valence electrons. The molecule has 0 bridgehead atoms. The number of aromatic nitrogens is 3. The van der Waals surface area contributed by atoms with Crippen LogP contribution in [0.3, 0.4) is 0 Å². The van der Waals surface area contributed by atoms with Crippen molar-refractivity contribution in [3.05, 3.63) is 22.6 Å². The van der Waals surface area contributed by atoms with Gasteiger partial charge in [0.25, 0.3) is 0 Å². The molecule has 2 heterocycles. The van der Waals surface area contributed by atoms with Gasteiger partial charge in [-0.15, -0.1) is 0 Å². The van der Waals surface area contributed by atoms with E-state index in [2.05, 4.69) is 34.4 Å². The molecule has 17 heavy (non-hydrogen) atoms. The first-order valence-electron chi connectivity index (χ1n) is 6.20. The van der Waals surface area contributed by atoms with Gasteiger partial charge in [-0.1, -0.05) is 19.8 Å². The van der Waals surface area contributed by atoms with Crippen LogP contribution in [0.25, 0.3) is 11.2 Å². The molecule has 0 aliphatic carbocycles. The van der Waals surface area contributed by atoms with Crippen LogP contribution in [0.5, 0.6) is 0 Å². The highest BCUT2D eigenvalue weighted by molar-refractivity contribution is 7.71. The van der Waals surface area contributed by atoms with Crippen LogP contribution in [-0.4, -0.2) is 14.5 Å². The van der Waals surface area contributed by atoms with Crippen molar-refractivity contribution in [2.24, 2.45) is 0 Å². The molecule has 2 rings (SSSR count). The Morgan fingerprint density at radius 3 is 3.00 bits per heavy atom. The number of imidazole rings is 1. The summed E-state index contributed by atoms with van der Waals surface area (Å²) in [6.45, 7) is 6.46. The van der Waals surface area contributed by atoms with Gasteiger partial charge in [0.2, 0.25) is 0 Å². The second-order valence-electron chi connectivity index (χ2n) is 4.68. The molecule has 0 radical (unpaired) electrons. The van der Waals surface area contributed by atoms with Crippen LogP contribution in [0.4, 0.5) is 0 Å². The lowest BCUT2D eigenvalue weighted by Gasteiger charge is -2.13. The highest BCUT2D eigenvalue weighted by atomic mass is 32.1. The summed E-state index contributed by atoms with van der Waals surface area (Å²) in [5, 5.41) is 0. The van der Waals surface area contributed by atoms with Crippen molar-refractivity contribution in [1.82, 2.24) is 14.5 Å². The number of nitrogens with one attached hydrogen (secondary N) is 1. The number of fused-ring (bicyclic) bond motifs is 1. The number of nitrogens with zero attached hydrogens (tertiary/aromatic N) is 2. The first kappa shape index (κ1) is 12.3. The predicted molar refractivity (Wildman–Crippen MR) is 73.9 cm³/mol. The molecule has 0 spiro atoms. The van der Waals surface area contributed by atoms with Crippen LogP contribution >= 0.6 is 12.2 Å². The van der Waals surface area contributed by atoms with Gasteiger partial charge in [-0.3, -0.25) is 4.57 Å². The molecular formula is C13H19N3S. The Labute approximate surface area is 107 Å². The number of hydrogen-bond acceptors (Lipinski definition) is 2. The summed E-state index contributed by atoms with van der Waals surface area (Å²) in [6.07, 6.45) is 5.48. The average molecular weight is 249 g/mol. The fourth-order valence-electron chi connectivity index (χ4n) is 2.16. The van der Waals surface area contributed by atoms with Gasteiger partial charge in [-0.25, -0.2) is 4.98 Å². The Bertz CT molecular complexity index is 568. The van der Waals surface area contributed by atoms with Crippen molar-refractivity contribution in [2.75, 3.05) is 0 Å². The molecular weight excluding hydrogens is 230 g/mol. The molecule has 1 N–H and O–H groups in total. The van der Waals surface area contributed by atoms with Crippen molar-refractivity contribution in [1.29, 1.82) is 0 Å². The Morgan fingerprint density at radius 2 is 2.29 bits per heavy atom. The van der Waals surface area contributed by atoms with Crippen LogP contribution in [0, 0.1) is 11.7 Å². The Balaban J connectivity index is 2.46. The molecule has 2 aromatic heterocycles. The Morgan fingerprint density at radius 1 is 1.53 bits per heavy atom. The quantitative estimate of drug-likeness (QED) is 0.826. The van der Waals surface area contributed by atoms with E-state index >= 15 is 0 Å². The number of aryl methyl sites for hydroxylation is 1. The highest BCUT2D eigenvalue weighted by Gasteiger charge is 2.11. The minimum Gasteiger partial charge on any atom is -0.329 e. The zero-order valence-corrected chi connectivity index (χ0v) is 11.5. The molecule has 0 saturated heterocycles. The van der Waals surface area contributed by atoms with Crippen molar-refractivity contribution >= 4 is 23.4 Å². The van der Waals surface area contributed by atoms with Crippen molar-refractivity contribution < 1.29 is 0 Å². The number of pyridine rings is 1. The zero-order chi connectivity index (χ0) is 12.4. The smallest absolute Gasteiger partial charge is 0.179 e. The second kappa shape index (κ2) is 5.00. The number of unbranched alkanes of at least 4 members (excludes halogenated alkanes) is 1. The summed E-state index contributed by atoms with van der Waals surface area (Å²) in [5.74, 6) is 0. The van der Waals surface area contributed by atoms with Crippen molar-refractivity contribution in [3.63, 3.8) is 0 Å². The molecule has 0 aliphatic rings. The minimum absolute atomic E-state index is 0.409.